The number of carbonyl (C=O) groups excluding carboxylic acids is 2. The molecule has 1 saturated heterocycles. The Kier molecular flexibility index (Phi) is 5.27. The van der Waals surface area contributed by atoms with Crippen molar-refractivity contribution in [2.75, 3.05) is 30.8 Å². The topological polar surface area (TPSA) is 92.8 Å². The number of nitrogens with zero attached hydrogens (tertiary/aromatic N) is 1. The zero-order valence-electron chi connectivity index (χ0n) is 14.0. The molecule has 0 spiro atoms. The van der Waals surface area contributed by atoms with E-state index >= 15 is 0 Å². The first-order valence-electron chi connectivity index (χ1n) is 8.53. The van der Waals surface area contributed by atoms with E-state index in [9.17, 15) is 18.0 Å². The van der Waals surface area contributed by atoms with Crippen molar-refractivity contribution in [1.82, 2.24) is 4.90 Å². The Morgan fingerprint density at radius 3 is 2.60 bits per heavy atom. The maximum atomic E-state index is 12.5. The van der Waals surface area contributed by atoms with Crippen LogP contribution in [0.4, 0.5) is 5.69 Å². The number of anilines is 1. The molecule has 8 heteroatoms. The van der Waals surface area contributed by atoms with Crippen LogP contribution < -0.4 is 10.1 Å². The van der Waals surface area contributed by atoms with Crippen LogP contribution in [-0.2, 0) is 19.4 Å². The molecular weight excluding hydrogens is 344 g/mol. The molecule has 0 bridgehead atoms. The highest BCUT2D eigenvalue weighted by Gasteiger charge is 2.23. The van der Waals surface area contributed by atoms with Gasteiger partial charge in [-0.2, -0.15) is 0 Å². The molecule has 0 aliphatic carbocycles. The third-order valence-corrected chi connectivity index (χ3v) is 6.20. The zero-order valence-corrected chi connectivity index (χ0v) is 14.8. The summed E-state index contributed by atoms with van der Waals surface area (Å²) >= 11 is 0. The van der Waals surface area contributed by atoms with Crippen LogP contribution in [0.5, 0.6) is 5.75 Å². The number of amides is 2. The number of ether oxygens (including phenoxy) is 1. The molecule has 0 saturated carbocycles. The van der Waals surface area contributed by atoms with Crippen molar-refractivity contribution >= 4 is 27.3 Å². The summed E-state index contributed by atoms with van der Waals surface area (Å²) in [7, 11) is -3.59. The van der Waals surface area contributed by atoms with Crippen LogP contribution in [0, 0.1) is 0 Å². The van der Waals surface area contributed by atoms with E-state index in [1.54, 1.807) is 4.90 Å². The minimum Gasteiger partial charge on any atom is -0.482 e. The van der Waals surface area contributed by atoms with Crippen molar-refractivity contribution < 1.29 is 22.7 Å². The van der Waals surface area contributed by atoms with Crippen LogP contribution in [0.2, 0.25) is 0 Å². The summed E-state index contributed by atoms with van der Waals surface area (Å²) in [4.78, 5) is 25.4. The van der Waals surface area contributed by atoms with Crippen molar-refractivity contribution in [3.05, 3.63) is 18.2 Å². The van der Waals surface area contributed by atoms with E-state index in [1.165, 1.54) is 18.2 Å². The van der Waals surface area contributed by atoms with Crippen molar-refractivity contribution in [3.8, 4) is 5.75 Å². The standard InChI is InChI=1S/C17H22N2O5S/c20-16-12-24-15-11-13(5-6-14(15)18-16)25(22,23)10-7-17(21)19-8-3-1-2-4-9-19/h5-6,11H,1-4,7-10,12H2,(H,18,20). The lowest BCUT2D eigenvalue weighted by atomic mass is 10.2. The molecule has 2 heterocycles. The van der Waals surface area contributed by atoms with E-state index < -0.39 is 9.84 Å². The van der Waals surface area contributed by atoms with Gasteiger partial charge in [0.2, 0.25) is 5.91 Å². The number of hydrogen-bond acceptors (Lipinski definition) is 5. The van der Waals surface area contributed by atoms with E-state index in [0.29, 0.717) is 24.5 Å². The first kappa shape index (κ1) is 17.7. The van der Waals surface area contributed by atoms with Gasteiger partial charge in [-0.05, 0) is 25.0 Å². The maximum absolute atomic E-state index is 12.5. The first-order valence-corrected chi connectivity index (χ1v) is 10.2. The number of fused-ring (bicyclic) bond motifs is 1. The number of hydrogen-bond donors (Lipinski definition) is 1. The van der Waals surface area contributed by atoms with E-state index in [2.05, 4.69) is 5.32 Å². The van der Waals surface area contributed by atoms with Gasteiger partial charge in [-0.25, -0.2) is 8.42 Å². The highest BCUT2D eigenvalue weighted by Crippen LogP contribution is 2.30. The Bertz CT molecular complexity index is 767. The summed E-state index contributed by atoms with van der Waals surface area (Å²) in [5, 5.41) is 2.62. The third-order valence-electron chi connectivity index (χ3n) is 4.49. The lowest BCUT2D eigenvalue weighted by molar-refractivity contribution is -0.130. The summed E-state index contributed by atoms with van der Waals surface area (Å²) in [6.07, 6.45) is 4.18. The monoisotopic (exact) mass is 366 g/mol. The molecule has 1 aromatic carbocycles. The second-order valence-corrected chi connectivity index (χ2v) is 8.47. The van der Waals surface area contributed by atoms with Crippen molar-refractivity contribution in [3.63, 3.8) is 0 Å². The quantitative estimate of drug-likeness (QED) is 0.873. The molecule has 0 unspecified atom stereocenters. The molecule has 1 aromatic rings. The molecule has 2 aliphatic rings. The molecular formula is C17H22N2O5S. The lowest BCUT2D eigenvalue weighted by Crippen LogP contribution is -2.33. The minimum atomic E-state index is -3.59. The van der Waals surface area contributed by atoms with E-state index in [1.807, 2.05) is 0 Å². The Balaban J connectivity index is 1.65. The van der Waals surface area contributed by atoms with Crippen LogP contribution in [0.1, 0.15) is 32.1 Å². The van der Waals surface area contributed by atoms with Gasteiger partial charge in [-0.3, -0.25) is 9.59 Å². The molecule has 136 valence electrons. The fourth-order valence-corrected chi connectivity index (χ4v) is 4.31. The second-order valence-electron chi connectivity index (χ2n) is 6.36. The molecule has 25 heavy (non-hydrogen) atoms. The fourth-order valence-electron chi connectivity index (χ4n) is 3.07. The van der Waals surface area contributed by atoms with Gasteiger partial charge in [0, 0.05) is 25.6 Å². The number of carbonyl (C=O) groups is 2. The Morgan fingerprint density at radius 2 is 1.88 bits per heavy atom. The average Bonchev–Trinajstić information content (AvgIpc) is 2.88. The first-order chi connectivity index (χ1) is 12.0. The fraction of sp³-hybridized carbons (Fsp3) is 0.529. The Hall–Kier alpha value is -2.09. The van der Waals surface area contributed by atoms with Gasteiger partial charge in [0.25, 0.3) is 5.91 Å². The predicted molar refractivity (Wildman–Crippen MR) is 92.3 cm³/mol. The predicted octanol–water partition coefficient (Wildman–Crippen LogP) is 1.58. The van der Waals surface area contributed by atoms with Crippen LogP contribution in [-0.4, -0.2) is 50.6 Å². The van der Waals surface area contributed by atoms with E-state index in [4.69, 9.17) is 4.74 Å². The van der Waals surface area contributed by atoms with Crippen LogP contribution in [0.15, 0.2) is 23.1 Å². The van der Waals surface area contributed by atoms with E-state index in [0.717, 1.165) is 25.7 Å². The molecule has 0 radical (unpaired) electrons. The Morgan fingerprint density at radius 1 is 1.16 bits per heavy atom. The molecule has 1 N–H and O–H groups in total. The number of benzene rings is 1. The minimum absolute atomic E-state index is 0.0169. The average molecular weight is 366 g/mol. The van der Waals surface area contributed by atoms with Gasteiger partial charge in [-0.15, -0.1) is 0 Å². The van der Waals surface area contributed by atoms with Gasteiger partial charge in [0.15, 0.2) is 16.4 Å². The summed E-state index contributed by atoms with van der Waals surface area (Å²) in [6, 6.07) is 4.34. The molecule has 1 fully saturated rings. The maximum Gasteiger partial charge on any atom is 0.262 e. The van der Waals surface area contributed by atoms with Gasteiger partial charge < -0.3 is 15.0 Å². The highest BCUT2D eigenvalue weighted by molar-refractivity contribution is 7.91. The molecule has 2 amide bonds. The summed E-state index contributed by atoms with van der Waals surface area (Å²) in [6.45, 7) is 1.29. The normalized spacial score (nSPS) is 17.9. The largest absolute Gasteiger partial charge is 0.482 e. The van der Waals surface area contributed by atoms with Gasteiger partial charge in [-0.1, -0.05) is 12.8 Å². The number of nitrogens with one attached hydrogen (secondary N) is 1. The van der Waals surface area contributed by atoms with Crippen molar-refractivity contribution in [1.29, 1.82) is 0 Å². The Labute approximate surface area is 147 Å². The molecule has 2 aliphatic heterocycles. The van der Waals surface area contributed by atoms with E-state index in [-0.39, 0.29) is 35.5 Å². The molecule has 3 rings (SSSR count). The summed E-state index contributed by atoms with van der Waals surface area (Å²) in [5.74, 6) is -0.273. The lowest BCUT2D eigenvalue weighted by Gasteiger charge is -2.20. The number of rotatable bonds is 4. The number of sulfone groups is 1. The molecule has 0 atom stereocenters. The van der Waals surface area contributed by atoms with Crippen LogP contribution in [0.3, 0.4) is 0 Å². The summed E-state index contributed by atoms with van der Waals surface area (Å²) < 4.78 is 30.3. The van der Waals surface area contributed by atoms with Crippen LogP contribution >= 0.6 is 0 Å². The van der Waals surface area contributed by atoms with Gasteiger partial charge >= 0.3 is 0 Å². The van der Waals surface area contributed by atoms with Crippen LogP contribution in [0.25, 0.3) is 0 Å². The SMILES string of the molecule is O=C1COc2cc(S(=O)(=O)CCC(=O)N3CCCCCC3)ccc2N1. The molecule has 7 nitrogen and oxygen atoms in total. The third kappa shape index (κ3) is 4.31. The zero-order chi connectivity index (χ0) is 17.9. The highest BCUT2D eigenvalue weighted by atomic mass is 32.2. The smallest absolute Gasteiger partial charge is 0.262 e. The van der Waals surface area contributed by atoms with Crippen molar-refractivity contribution in [2.45, 2.75) is 37.0 Å². The van der Waals surface area contributed by atoms with Gasteiger partial charge in [0.05, 0.1) is 16.3 Å². The molecule has 0 aromatic heterocycles. The van der Waals surface area contributed by atoms with Crippen molar-refractivity contribution in [2.24, 2.45) is 0 Å². The number of likely N-dealkylation sites (tertiary alicyclic amines) is 1. The second kappa shape index (κ2) is 7.43. The summed E-state index contributed by atoms with van der Waals surface area (Å²) in [5.41, 5.74) is 0.454. The van der Waals surface area contributed by atoms with Gasteiger partial charge in [0.1, 0.15) is 5.75 Å².